The Bertz CT molecular complexity index is 788. The van der Waals surface area contributed by atoms with E-state index in [1.54, 1.807) is 0 Å². The molecule has 0 bridgehead atoms. The van der Waals surface area contributed by atoms with Crippen molar-refractivity contribution in [3.05, 3.63) is 59.9 Å². The van der Waals surface area contributed by atoms with Gasteiger partial charge in [0.1, 0.15) is 24.8 Å². The number of sulfonamides is 1. The van der Waals surface area contributed by atoms with Gasteiger partial charge in [0, 0.05) is 0 Å². The third-order valence-corrected chi connectivity index (χ3v) is 4.50. The Kier molecular flexibility index (Phi) is 5.88. The van der Waals surface area contributed by atoms with Crippen molar-refractivity contribution in [3.63, 3.8) is 0 Å². The van der Waals surface area contributed by atoms with Gasteiger partial charge >= 0.3 is 5.97 Å². The van der Waals surface area contributed by atoms with Crippen molar-refractivity contribution in [1.29, 1.82) is 0 Å². The van der Waals surface area contributed by atoms with E-state index in [2.05, 4.69) is 4.72 Å². The maximum absolute atomic E-state index is 12.7. The Morgan fingerprint density at radius 2 is 1.67 bits per heavy atom. The van der Waals surface area contributed by atoms with Gasteiger partial charge in [-0.25, -0.2) is 22.3 Å². The van der Waals surface area contributed by atoms with Gasteiger partial charge in [0.15, 0.2) is 0 Å². The minimum atomic E-state index is -3.54. The number of ether oxygens (including phenoxy) is 2. The Morgan fingerprint density at radius 1 is 1.04 bits per heavy atom. The van der Waals surface area contributed by atoms with Gasteiger partial charge in [0.25, 0.3) is 0 Å². The topological polar surface area (TPSA) is 81.7 Å². The van der Waals surface area contributed by atoms with Gasteiger partial charge in [-0.15, -0.1) is 0 Å². The molecule has 0 amide bonds. The average Bonchev–Trinajstić information content (AvgIpc) is 2.60. The molecule has 0 spiro atoms. The lowest BCUT2D eigenvalue weighted by atomic mass is 10.2. The molecule has 2 aromatic carbocycles. The van der Waals surface area contributed by atoms with Gasteiger partial charge in [-0.3, -0.25) is 0 Å². The van der Waals surface area contributed by atoms with Crippen molar-refractivity contribution < 1.29 is 27.1 Å². The standard InChI is InChI=1S/C16H16FNO5S/c1-18-24(20,21)15-8-2-12(3-9-15)16(19)23-11-10-22-14-6-4-13(17)5-7-14/h2-9,18H,10-11H2,1H3. The average molecular weight is 353 g/mol. The number of benzene rings is 2. The molecule has 0 aromatic heterocycles. The minimum absolute atomic E-state index is 0.00672. The van der Waals surface area contributed by atoms with Crippen LogP contribution in [0.3, 0.4) is 0 Å². The van der Waals surface area contributed by atoms with Gasteiger partial charge in [-0.1, -0.05) is 0 Å². The highest BCUT2D eigenvalue weighted by molar-refractivity contribution is 7.89. The lowest BCUT2D eigenvalue weighted by Gasteiger charge is -2.08. The van der Waals surface area contributed by atoms with Gasteiger partial charge in [0.05, 0.1) is 10.5 Å². The van der Waals surface area contributed by atoms with Crippen molar-refractivity contribution >= 4 is 16.0 Å². The van der Waals surface area contributed by atoms with Crippen LogP contribution in [0, 0.1) is 5.82 Å². The van der Waals surface area contributed by atoms with E-state index >= 15 is 0 Å². The molecule has 1 N–H and O–H groups in total. The molecule has 0 aliphatic carbocycles. The summed E-state index contributed by atoms with van der Waals surface area (Å²) in [5.41, 5.74) is 0.229. The summed E-state index contributed by atoms with van der Waals surface area (Å²) in [4.78, 5) is 11.9. The third kappa shape index (κ3) is 4.77. The minimum Gasteiger partial charge on any atom is -0.490 e. The van der Waals surface area contributed by atoms with Gasteiger partial charge in [-0.2, -0.15) is 0 Å². The predicted molar refractivity (Wildman–Crippen MR) is 84.9 cm³/mol. The van der Waals surface area contributed by atoms with Crippen molar-refractivity contribution in [2.24, 2.45) is 0 Å². The van der Waals surface area contributed by atoms with E-state index in [1.807, 2.05) is 0 Å². The molecule has 0 aliphatic rings. The van der Waals surface area contributed by atoms with Crippen LogP contribution in [0.4, 0.5) is 4.39 Å². The number of carbonyl (C=O) groups excluding carboxylic acids is 1. The van der Waals surface area contributed by atoms with E-state index in [4.69, 9.17) is 9.47 Å². The molecular formula is C16H16FNO5S. The number of esters is 1. The summed E-state index contributed by atoms with van der Waals surface area (Å²) in [6.45, 7) is 0.121. The fourth-order valence-electron chi connectivity index (χ4n) is 1.80. The van der Waals surface area contributed by atoms with Crippen LogP contribution in [0.15, 0.2) is 53.4 Å². The first-order valence-corrected chi connectivity index (χ1v) is 8.50. The van der Waals surface area contributed by atoms with Gasteiger partial charge < -0.3 is 9.47 Å². The normalized spacial score (nSPS) is 11.1. The van der Waals surface area contributed by atoms with Crippen molar-refractivity contribution in [2.75, 3.05) is 20.3 Å². The summed E-state index contributed by atoms with van der Waals surface area (Å²) >= 11 is 0. The van der Waals surface area contributed by atoms with Crippen LogP contribution in [-0.2, 0) is 14.8 Å². The highest BCUT2D eigenvalue weighted by Gasteiger charge is 2.13. The molecule has 8 heteroatoms. The molecule has 24 heavy (non-hydrogen) atoms. The van der Waals surface area contributed by atoms with Crippen LogP contribution in [0.5, 0.6) is 5.75 Å². The number of nitrogens with one attached hydrogen (secondary N) is 1. The Balaban J connectivity index is 1.83. The van der Waals surface area contributed by atoms with E-state index in [-0.39, 0.29) is 29.5 Å². The van der Waals surface area contributed by atoms with Crippen molar-refractivity contribution in [2.45, 2.75) is 4.90 Å². The molecule has 2 rings (SSSR count). The fraction of sp³-hybridized carbons (Fsp3) is 0.188. The second kappa shape index (κ2) is 7.89. The summed E-state index contributed by atoms with van der Waals surface area (Å²) < 4.78 is 48.4. The smallest absolute Gasteiger partial charge is 0.338 e. The number of rotatable bonds is 7. The first-order valence-electron chi connectivity index (χ1n) is 7.01. The summed E-state index contributed by atoms with van der Waals surface area (Å²) in [6, 6.07) is 10.8. The SMILES string of the molecule is CNS(=O)(=O)c1ccc(C(=O)OCCOc2ccc(F)cc2)cc1. The molecule has 0 unspecified atom stereocenters. The van der Waals surface area contributed by atoms with Crippen LogP contribution >= 0.6 is 0 Å². The van der Waals surface area contributed by atoms with Crippen LogP contribution in [0.1, 0.15) is 10.4 Å². The maximum atomic E-state index is 12.7. The zero-order chi connectivity index (χ0) is 17.6. The molecule has 0 atom stereocenters. The molecule has 2 aromatic rings. The molecule has 0 radical (unpaired) electrons. The molecule has 0 fully saturated rings. The first kappa shape index (κ1) is 17.9. The zero-order valence-electron chi connectivity index (χ0n) is 12.9. The molecular weight excluding hydrogens is 337 g/mol. The molecule has 0 heterocycles. The van der Waals surface area contributed by atoms with Gasteiger partial charge in [-0.05, 0) is 55.6 Å². The maximum Gasteiger partial charge on any atom is 0.338 e. The number of halogens is 1. The molecule has 0 saturated carbocycles. The lowest BCUT2D eigenvalue weighted by Crippen LogP contribution is -2.18. The summed E-state index contributed by atoms with van der Waals surface area (Å²) in [7, 11) is -2.24. The lowest BCUT2D eigenvalue weighted by molar-refractivity contribution is 0.0450. The Hall–Kier alpha value is -2.45. The van der Waals surface area contributed by atoms with E-state index in [0.717, 1.165) is 0 Å². The van der Waals surface area contributed by atoms with E-state index in [9.17, 15) is 17.6 Å². The molecule has 0 saturated heterocycles. The molecule has 128 valence electrons. The second-order valence-corrected chi connectivity index (χ2v) is 6.56. The van der Waals surface area contributed by atoms with Crippen LogP contribution in [0.25, 0.3) is 0 Å². The van der Waals surface area contributed by atoms with Crippen molar-refractivity contribution in [3.8, 4) is 5.75 Å². The highest BCUT2D eigenvalue weighted by atomic mass is 32.2. The number of carbonyl (C=O) groups is 1. The largest absolute Gasteiger partial charge is 0.490 e. The van der Waals surface area contributed by atoms with Crippen LogP contribution < -0.4 is 9.46 Å². The second-order valence-electron chi connectivity index (χ2n) is 4.67. The quantitative estimate of drug-likeness (QED) is 0.608. The summed E-state index contributed by atoms with van der Waals surface area (Å²) in [5.74, 6) is -0.488. The van der Waals surface area contributed by atoms with E-state index in [1.165, 1.54) is 55.6 Å². The summed E-state index contributed by atoms with van der Waals surface area (Å²) in [6.07, 6.45) is 0. The third-order valence-electron chi connectivity index (χ3n) is 3.07. The van der Waals surface area contributed by atoms with E-state index < -0.39 is 16.0 Å². The zero-order valence-corrected chi connectivity index (χ0v) is 13.7. The van der Waals surface area contributed by atoms with Crippen LogP contribution in [-0.4, -0.2) is 34.6 Å². The Labute approximate surface area is 139 Å². The monoisotopic (exact) mass is 353 g/mol. The number of hydrogen-bond donors (Lipinski definition) is 1. The Morgan fingerprint density at radius 3 is 2.25 bits per heavy atom. The number of hydrogen-bond acceptors (Lipinski definition) is 5. The van der Waals surface area contributed by atoms with E-state index in [0.29, 0.717) is 5.75 Å². The fourth-order valence-corrected chi connectivity index (χ4v) is 2.53. The predicted octanol–water partition coefficient (Wildman–Crippen LogP) is 1.97. The highest BCUT2D eigenvalue weighted by Crippen LogP contribution is 2.12. The molecule has 6 nitrogen and oxygen atoms in total. The van der Waals surface area contributed by atoms with Crippen molar-refractivity contribution in [1.82, 2.24) is 4.72 Å². The molecule has 0 aliphatic heterocycles. The van der Waals surface area contributed by atoms with Crippen LogP contribution in [0.2, 0.25) is 0 Å². The van der Waals surface area contributed by atoms with Gasteiger partial charge in [0.2, 0.25) is 10.0 Å². The first-order chi connectivity index (χ1) is 11.4. The summed E-state index contributed by atoms with van der Waals surface area (Å²) in [5, 5.41) is 0.